The second-order valence-electron chi connectivity index (χ2n) is 5.52. The molecule has 2 heterocycles. The molecule has 5 N–H and O–H groups in total. The Hall–Kier alpha value is -3.09. The van der Waals surface area contributed by atoms with Crippen molar-refractivity contribution in [3.63, 3.8) is 0 Å². The van der Waals surface area contributed by atoms with E-state index in [1.807, 2.05) is 6.92 Å². The topological polar surface area (TPSA) is 120 Å². The Bertz CT molecular complexity index is 959. The Morgan fingerprint density at radius 2 is 1.96 bits per heavy atom. The summed E-state index contributed by atoms with van der Waals surface area (Å²) in [5.74, 6) is -0.00824. The number of phenolic OH excluding ortho intramolecular Hbond substituents is 1. The Morgan fingerprint density at radius 3 is 2.61 bits per heavy atom. The lowest BCUT2D eigenvalue weighted by Gasteiger charge is -2.15. The van der Waals surface area contributed by atoms with Crippen LogP contribution in [0.5, 0.6) is 5.75 Å². The van der Waals surface area contributed by atoms with Crippen molar-refractivity contribution in [2.75, 3.05) is 5.73 Å². The van der Waals surface area contributed by atoms with Crippen molar-refractivity contribution in [2.24, 2.45) is 5.73 Å². The van der Waals surface area contributed by atoms with Crippen LogP contribution in [0.4, 0.5) is 5.69 Å². The third-order valence-corrected chi connectivity index (χ3v) is 3.93. The summed E-state index contributed by atoms with van der Waals surface area (Å²) in [6.45, 7) is 5.41. The molecule has 0 aliphatic heterocycles. The van der Waals surface area contributed by atoms with E-state index < -0.39 is 5.91 Å². The lowest BCUT2D eigenvalue weighted by atomic mass is 9.93. The van der Waals surface area contributed by atoms with Crippen LogP contribution in [0.25, 0.3) is 16.8 Å². The number of nitrogen functional groups attached to an aromatic ring is 1. The van der Waals surface area contributed by atoms with Crippen LogP contribution in [-0.4, -0.2) is 25.6 Å². The fraction of sp³-hybridized carbons (Fsp3) is 0.188. The van der Waals surface area contributed by atoms with Gasteiger partial charge in [-0.3, -0.25) is 4.79 Å². The maximum atomic E-state index is 11.9. The number of nitrogens with zero attached hydrogens (tertiary/aromatic N) is 3. The Morgan fingerprint density at radius 1 is 1.26 bits per heavy atom. The van der Waals surface area contributed by atoms with Gasteiger partial charge in [0.1, 0.15) is 17.1 Å². The summed E-state index contributed by atoms with van der Waals surface area (Å²) in [4.78, 5) is 16.1. The van der Waals surface area contributed by atoms with Crippen molar-refractivity contribution >= 4 is 17.2 Å². The lowest BCUT2D eigenvalue weighted by molar-refractivity contribution is 0.100. The van der Waals surface area contributed by atoms with Gasteiger partial charge in [0, 0.05) is 11.8 Å². The number of primary amides is 1. The number of rotatable bonds is 2. The van der Waals surface area contributed by atoms with E-state index in [2.05, 4.69) is 10.1 Å². The first-order valence-corrected chi connectivity index (χ1v) is 7.06. The van der Waals surface area contributed by atoms with Crippen molar-refractivity contribution in [3.05, 3.63) is 40.8 Å². The van der Waals surface area contributed by atoms with Crippen LogP contribution in [-0.2, 0) is 0 Å². The molecule has 0 unspecified atom stereocenters. The van der Waals surface area contributed by atoms with Gasteiger partial charge in [-0.25, -0.2) is 9.50 Å². The maximum absolute atomic E-state index is 11.9. The molecule has 0 radical (unpaired) electrons. The number of aryl methyl sites for hydroxylation is 2. The van der Waals surface area contributed by atoms with Gasteiger partial charge < -0.3 is 16.6 Å². The molecule has 7 nitrogen and oxygen atoms in total. The highest BCUT2D eigenvalue weighted by Crippen LogP contribution is 2.37. The van der Waals surface area contributed by atoms with Crippen LogP contribution in [0.1, 0.15) is 27.3 Å². The maximum Gasteiger partial charge on any atom is 0.254 e. The number of pyridine rings is 1. The summed E-state index contributed by atoms with van der Waals surface area (Å²) >= 11 is 0. The number of fused-ring (bicyclic) bond motifs is 1. The standard InChI is InChI=1S/C16H17N5O2/c1-7-4-5-11(22)8(2)12(7)10-6-21-16(19-9(3)20-21)13(14(10)17)15(18)23/h4-6,22H,17H2,1-3H3,(H2,18,23). The number of anilines is 1. The zero-order valence-corrected chi connectivity index (χ0v) is 13.1. The van der Waals surface area contributed by atoms with E-state index in [9.17, 15) is 9.90 Å². The first kappa shape index (κ1) is 14.8. The number of benzene rings is 1. The van der Waals surface area contributed by atoms with Crippen LogP contribution in [0.2, 0.25) is 0 Å². The molecule has 0 aliphatic carbocycles. The van der Waals surface area contributed by atoms with Gasteiger partial charge in [0.05, 0.1) is 5.69 Å². The number of nitrogens with two attached hydrogens (primary N) is 2. The first-order chi connectivity index (χ1) is 10.8. The van der Waals surface area contributed by atoms with Crippen LogP contribution in [0.3, 0.4) is 0 Å². The van der Waals surface area contributed by atoms with E-state index in [0.29, 0.717) is 22.6 Å². The number of hydrogen-bond acceptors (Lipinski definition) is 5. The summed E-state index contributed by atoms with van der Waals surface area (Å²) in [6.07, 6.45) is 1.70. The fourth-order valence-electron chi connectivity index (χ4n) is 2.83. The van der Waals surface area contributed by atoms with Crippen molar-refractivity contribution in [3.8, 4) is 16.9 Å². The van der Waals surface area contributed by atoms with Crippen LogP contribution in [0, 0.1) is 20.8 Å². The van der Waals surface area contributed by atoms with Crippen LogP contribution < -0.4 is 11.5 Å². The van der Waals surface area contributed by atoms with Gasteiger partial charge in [-0.2, -0.15) is 5.10 Å². The molecule has 0 saturated carbocycles. The third-order valence-electron chi connectivity index (χ3n) is 3.93. The van der Waals surface area contributed by atoms with Gasteiger partial charge in [0.25, 0.3) is 5.91 Å². The van der Waals surface area contributed by atoms with Gasteiger partial charge in [0.15, 0.2) is 5.65 Å². The number of carbonyl (C=O) groups is 1. The Kier molecular flexibility index (Phi) is 3.21. The zero-order chi connectivity index (χ0) is 16.9. The number of aromatic hydroxyl groups is 1. The number of aromatic nitrogens is 3. The fourth-order valence-corrected chi connectivity index (χ4v) is 2.83. The molecule has 3 rings (SSSR count). The molecule has 0 saturated heterocycles. The molecule has 3 aromatic rings. The number of amides is 1. The van der Waals surface area contributed by atoms with Crippen molar-refractivity contribution in [2.45, 2.75) is 20.8 Å². The minimum atomic E-state index is -0.669. The summed E-state index contributed by atoms with van der Waals surface area (Å²) in [5.41, 5.74) is 15.3. The van der Waals surface area contributed by atoms with E-state index in [0.717, 1.165) is 11.1 Å². The van der Waals surface area contributed by atoms with Crippen molar-refractivity contribution < 1.29 is 9.90 Å². The predicted octanol–water partition coefficient (Wildman–Crippen LogP) is 1.71. The van der Waals surface area contributed by atoms with E-state index in [-0.39, 0.29) is 17.0 Å². The van der Waals surface area contributed by atoms with E-state index in [4.69, 9.17) is 11.5 Å². The van der Waals surface area contributed by atoms with Gasteiger partial charge >= 0.3 is 0 Å². The molecule has 0 aliphatic rings. The monoisotopic (exact) mass is 311 g/mol. The molecular weight excluding hydrogens is 294 g/mol. The van der Waals surface area contributed by atoms with Gasteiger partial charge in [-0.05, 0) is 43.5 Å². The molecule has 118 valence electrons. The second-order valence-corrected chi connectivity index (χ2v) is 5.52. The van der Waals surface area contributed by atoms with Gasteiger partial charge in [0.2, 0.25) is 0 Å². The van der Waals surface area contributed by atoms with Crippen molar-refractivity contribution in [1.29, 1.82) is 0 Å². The molecule has 1 amide bonds. The zero-order valence-electron chi connectivity index (χ0n) is 13.1. The summed E-state index contributed by atoms with van der Waals surface area (Å²) < 4.78 is 1.49. The minimum absolute atomic E-state index is 0.130. The Balaban J connectivity index is 2.46. The minimum Gasteiger partial charge on any atom is -0.508 e. The number of carbonyl (C=O) groups excluding carboxylic acids is 1. The van der Waals surface area contributed by atoms with E-state index >= 15 is 0 Å². The molecule has 1 aromatic carbocycles. The number of phenols is 1. The molecule has 0 bridgehead atoms. The highest BCUT2D eigenvalue weighted by molar-refractivity contribution is 6.07. The average molecular weight is 311 g/mol. The summed E-state index contributed by atoms with van der Waals surface area (Å²) in [7, 11) is 0. The molecule has 0 spiro atoms. The van der Waals surface area contributed by atoms with Crippen LogP contribution in [0.15, 0.2) is 18.3 Å². The van der Waals surface area contributed by atoms with Gasteiger partial charge in [-0.15, -0.1) is 0 Å². The molecular formula is C16H17N5O2. The quantitative estimate of drug-likeness (QED) is 0.665. The number of hydrogen-bond donors (Lipinski definition) is 3. The normalized spacial score (nSPS) is 11.1. The van der Waals surface area contributed by atoms with E-state index in [1.165, 1.54) is 4.52 Å². The SMILES string of the molecule is Cc1nc2c(C(N)=O)c(N)c(-c3c(C)ccc(O)c3C)cn2n1. The third kappa shape index (κ3) is 2.17. The largest absolute Gasteiger partial charge is 0.508 e. The predicted molar refractivity (Wildman–Crippen MR) is 87.2 cm³/mol. The van der Waals surface area contributed by atoms with Gasteiger partial charge in [-0.1, -0.05) is 6.07 Å². The molecule has 0 fully saturated rings. The molecule has 7 heteroatoms. The second kappa shape index (κ2) is 4.98. The first-order valence-electron chi connectivity index (χ1n) is 7.06. The highest BCUT2D eigenvalue weighted by Gasteiger charge is 2.21. The summed E-state index contributed by atoms with van der Waals surface area (Å²) in [5, 5.41) is 14.3. The molecule has 23 heavy (non-hydrogen) atoms. The molecule has 2 aromatic heterocycles. The summed E-state index contributed by atoms with van der Waals surface area (Å²) in [6, 6.07) is 3.41. The lowest BCUT2D eigenvalue weighted by Crippen LogP contribution is -2.16. The average Bonchev–Trinajstić information content (AvgIpc) is 2.83. The Labute approximate surface area is 132 Å². The highest BCUT2D eigenvalue weighted by atomic mass is 16.3. The smallest absolute Gasteiger partial charge is 0.254 e. The van der Waals surface area contributed by atoms with Crippen LogP contribution >= 0.6 is 0 Å². The molecule has 0 atom stereocenters. The van der Waals surface area contributed by atoms with E-state index in [1.54, 1.807) is 32.2 Å². The van der Waals surface area contributed by atoms with Crippen molar-refractivity contribution in [1.82, 2.24) is 14.6 Å².